The smallest absolute Gasteiger partial charge is 0.328 e. The minimum Gasteiger partial charge on any atom is -0.393 e. The third kappa shape index (κ3) is 5.05. The minimum atomic E-state index is -3.60. The number of nitrogens with one attached hydrogen (secondary N) is 2. The van der Waals surface area contributed by atoms with Crippen LogP contribution in [0.4, 0.5) is 4.79 Å². The highest BCUT2D eigenvalue weighted by Crippen LogP contribution is 2.69. The van der Waals surface area contributed by atoms with Crippen molar-refractivity contribution in [1.29, 1.82) is 0 Å². The van der Waals surface area contributed by atoms with E-state index in [2.05, 4.69) is 37.7 Å². The highest BCUT2D eigenvalue weighted by Gasteiger charge is 2.62. The molecule has 0 heterocycles. The van der Waals surface area contributed by atoms with Crippen molar-refractivity contribution in [3.63, 3.8) is 0 Å². The average molecular weight is 551 g/mol. The molecule has 0 unspecified atom stereocenters. The van der Waals surface area contributed by atoms with Crippen LogP contribution < -0.4 is 10.0 Å². The van der Waals surface area contributed by atoms with Gasteiger partial charge in [-0.1, -0.05) is 53.4 Å². The molecule has 0 aliphatic heterocycles. The van der Waals surface area contributed by atoms with Gasteiger partial charge >= 0.3 is 6.03 Å². The van der Waals surface area contributed by atoms with Crippen molar-refractivity contribution in [2.75, 3.05) is 6.54 Å². The molecule has 2 amide bonds. The van der Waals surface area contributed by atoms with Gasteiger partial charge in [0, 0.05) is 6.54 Å². The fourth-order valence-corrected chi connectivity index (χ4v) is 12.4. The van der Waals surface area contributed by atoms with Gasteiger partial charge < -0.3 is 10.4 Å². The number of fused-ring (bicyclic) bond motifs is 5. The number of hydrogen-bond acceptors (Lipinski definition) is 4. The number of sulfonamides is 1. The first-order valence-corrected chi connectivity index (χ1v) is 17.5. The van der Waals surface area contributed by atoms with Gasteiger partial charge in [0.25, 0.3) is 0 Å². The van der Waals surface area contributed by atoms with E-state index >= 15 is 0 Å². The molecule has 5 aliphatic rings. The Kier molecular flexibility index (Phi) is 8.21. The molecule has 0 saturated heterocycles. The van der Waals surface area contributed by atoms with Gasteiger partial charge in [-0.2, -0.15) is 0 Å². The molecule has 0 aromatic rings. The molecule has 0 bridgehead atoms. The lowest BCUT2D eigenvalue weighted by Gasteiger charge is -2.63. The van der Waals surface area contributed by atoms with Crippen molar-refractivity contribution in [2.45, 2.75) is 129 Å². The molecular formula is C31H54N2O4S. The van der Waals surface area contributed by atoms with Crippen LogP contribution in [0.1, 0.15) is 118 Å². The predicted molar refractivity (Wildman–Crippen MR) is 152 cm³/mol. The summed E-state index contributed by atoms with van der Waals surface area (Å²) < 4.78 is 27.7. The van der Waals surface area contributed by atoms with Crippen LogP contribution in [-0.2, 0) is 10.0 Å². The molecule has 7 heteroatoms. The van der Waals surface area contributed by atoms with Crippen LogP contribution in [0.5, 0.6) is 0 Å². The molecule has 5 aliphatic carbocycles. The number of rotatable bonds is 6. The van der Waals surface area contributed by atoms with Crippen molar-refractivity contribution in [3.05, 3.63) is 0 Å². The Morgan fingerprint density at radius 2 is 1.61 bits per heavy atom. The zero-order valence-corrected chi connectivity index (χ0v) is 25.2. The van der Waals surface area contributed by atoms with Gasteiger partial charge in [-0.15, -0.1) is 0 Å². The van der Waals surface area contributed by atoms with E-state index in [1.54, 1.807) is 0 Å². The molecule has 5 rings (SSSR count). The zero-order chi connectivity index (χ0) is 27.3. The van der Waals surface area contributed by atoms with Gasteiger partial charge in [0.2, 0.25) is 10.0 Å². The predicted octanol–water partition coefficient (Wildman–Crippen LogP) is 6.24. The van der Waals surface area contributed by atoms with E-state index in [1.165, 1.54) is 44.9 Å². The van der Waals surface area contributed by atoms with Crippen molar-refractivity contribution < 1.29 is 18.3 Å². The SMILES string of the molecule is CC[C@H]1C[C@@H]2[C@H](CC[C@]3(C)[C@@H]([C@H](C)CNC(=O)NS(=O)(=O)C4CCCCC4)CC[C@@H]23)[C@@]2(C)CC[C@@H](O)C[C@@H]12. The Labute approximate surface area is 231 Å². The maximum Gasteiger partial charge on any atom is 0.328 e. The molecule has 10 atom stereocenters. The second-order valence-corrected chi connectivity index (χ2v) is 16.6. The zero-order valence-electron chi connectivity index (χ0n) is 24.4. The molecule has 0 aromatic heterocycles. The Morgan fingerprint density at radius 3 is 2.32 bits per heavy atom. The van der Waals surface area contributed by atoms with Crippen LogP contribution >= 0.6 is 0 Å². The lowest BCUT2D eigenvalue weighted by molar-refractivity contribution is -0.152. The number of urea groups is 1. The van der Waals surface area contributed by atoms with Crippen LogP contribution in [0.15, 0.2) is 0 Å². The van der Waals surface area contributed by atoms with Crippen LogP contribution in [0, 0.1) is 52.3 Å². The van der Waals surface area contributed by atoms with Gasteiger partial charge in [-0.05, 0) is 116 Å². The summed E-state index contributed by atoms with van der Waals surface area (Å²) in [6.45, 7) is 10.3. The first-order valence-electron chi connectivity index (χ1n) is 16.0. The lowest BCUT2D eigenvalue weighted by Crippen LogP contribution is -2.57. The second kappa shape index (κ2) is 10.9. The topological polar surface area (TPSA) is 95.5 Å². The summed E-state index contributed by atoms with van der Waals surface area (Å²) in [5, 5.41) is 13.0. The van der Waals surface area contributed by atoms with Crippen molar-refractivity contribution in [1.82, 2.24) is 10.0 Å². The van der Waals surface area contributed by atoms with Crippen LogP contribution in [-0.4, -0.2) is 37.5 Å². The largest absolute Gasteiger partial charge is 0.393 e. The molecule has 0 radical (unpaired) electrons. The molecule has 218 valence electrons. The normalized spacial score (nSPS) is 44.4. The van der Waals surface area contributed by atoms with Gasteiger partial charge in [-0.3, -0.25) is 0 Å². The van der Waals surface area contributed by atoms with Gasteiger partial charge in [0.05, 0.1) is 11.4 Å². The monoisotopic (exact) mass is 550 g/mol. The van der Waals surface area contributed by atoms with Gasteiger partial charge in [0.15, 0.2) is 0 Å². The summed E-state index contributed by atoms with van der Waals surface area (Å²) in [5.74, 6) is 4.59. The highest BCUT2D eigenvalue weighted by atomic mass is 32.2. The quantitative estimate of drug-likeness (QED) is 0.365. The number of amides is 2. The maximum absolute atomic E-state index is 12.7. The minimum absolute atomic E-state index is 0.105. The van der Waals surface area contributed by atoms with Crippen molar-refractivity contribution in [2.24, 2.45) is 52.3 Å². The fourth-order valence-electron chi connectivity index (χ4n) is 10.9. The number of aliphatic hydroxyl groups is 1. The maximum atomic E-state index is 12.7. The van der Waals surface area contributed by atoms with Crippen molar-refractivity contribution in [3.8, 4) is 0 Å². The Balaban J connectivity index is 1.22. The van der Waals surface area contributed by atoms with Crippen LogP contribution in [0.25, 0.3) is 0 Å². The molecule has 3 N–H and O–H groups in total. The first kappa shape index (κ1) is 28.7. The van der Waals surface area contributed by atoms with E-state index in [4.69, 9.17) is 0 Å². The highest BCUT2D eigenvalue weighted by molar-refractivity contribution is 7.90. The molecule has 5 saturated carbocycles. The summed E-state index contributed by atoms with van der Waals surface area (Å²) >= 11 is 0. The summed E-state index contributed by atoms with van der Waals surface area (Å²) in [6, 6.07) is -0.553. The average Bonchev–Trinajstić information content (AvgIpc) is 3.25. The summed E-state index contributed by atoms with van der Waals surface area (Å²) in [7, 11) is -3.60. The summed E-state index contributed by atoms with van der Waals surface area (Å²) in [5.41, 5.74) is 0.667. The third-order valence-corrected chi connectivity index (χ3v) is 14.7. The molecule has 5 fully saturated rings. The lowest BCUT2D eigenvalue weighted by atomic mass is 9.42. The number of aliphatic hydroxyl groups excluding tert-OH is 1. The number of hydrogen-bond donors (Lipinski definition) is 3. The van der Waals surface area contributed by atoms with Gasteiger partial charge in [0.1, 0.15) is 0 Å². The number of carbonyl (C=O) groups is 1. The Morgan fingerprint density at radius 1 is 0.921 bits per heavy atom. The Bertz CT molecular complexity index is 965. The van der Waals surface area contributed by atoms with E-state index in [0.717, 1.165) is 55.8 Å². The molecule has 0 aromatic carbocycles. The molecule has 0 spiro atoms. The fraction of sp³-hybridized carbons (Fsp3) is 0.968. The van der Waals surface area contributed by atoms with Crippen LogP contribution in [0.3, 0.4) is 0 Å². The summed E-state index contributed by atoms with van der Waals surface area (Å²) in [6.07, 6.45) is 14.9. The third-order valence-electron chi connectivity index (χ3n) is 12.9. The molecular weight excluding hydrogens is 496 g/mol. The van der Waals surface area contributed by atoms with Crippen molar-refractivity contribution >= 4 is 16.1 Å². The van der Waals surface area contributed by atoms with Crippen LogP contribution in [0.2, 0.25) is 0 Å². The van der Waals surface area contributed by atoms with E-state index < -0.39 is 21.3 Å². The van der Waals surface area contributed by atoms with E-state index in [1.807, 2.05) is 0 Å². The summed E-state index contributed by atoms with van der Waals surface area (Å²) in [4.78, 5) is 12.6. The second-order valence-electron chi connectivity index (χ2n) is 14.6. The molecule has 6 nitrogen and oxygen atoms in total. The number of carbonyl (C=O) groups excluding carboxylic acids is 1. The Hall–Kier alpha value is -0.820. The van der Waals surface area contributed by atoms with E-state index in [0.29, 0.717) is 48.0 Å². The van der Waals surface area contributed by atoms with E-state index in [9.17, 15) is 18.3 Å². The standard InChI is InChI=1S/C31H54N2O4S/c1-5-21-17-24-26-12-11-25(20(2)19-32-29(35)33-38(36,37)23-9-7-6-8-10-23)30(26,3)16-14-27(24)31(4)15-13-22(34)18-28(21)31/h20-28,34H,5-19H2,1-4H3,(H2,32,33,35)/t20-,21+,22-,24+,25-,26+,27+,28+,30-,31-/m1/s1. The van der Waals surface area contributed by atoms with E-state index in [-0.39, 0.29) is 6.10 Å². The molecule has 38 heavy (non-hydrogen) atoms. The van der Waals surface area contributed by atoms with Gasteiger partial charge in [-0.25, -0.2) is 17.9 Å². The first-order chi connectivity index (χ1) is 18.0.